The third kappa shape index (κ3) is 5.63. The molecule has 0 spiro atoms. The number of nitrogens with one attached hydrogen (secondary N) is 1. The molecule has 204 valence electrons. The SMILES string of the molecule is COc1cccc(-c2c(N[C@@H](CO)c3ccccc3)nc(=O)n(Cc3c(F)cccc3C(F)(F)F)c2C)c1F. The molecule has 0 unspecified atom stereocenters. The lowest BCUT2D eigenvalue weighted by atomic mass is 10.0. The van der Waals surface area contributed by atoms with Gasteiger partial charge in [-0.15, -0.1) is 0 Å². The largest absolute Gasteiger partial charge is 0.494 e. The van der Waals surface area contributed by atoms with Crippen LogP contribution in [0.3, 0.4) is 0 Å². The summed E-state index contributed by atoms with van der Waals surface area (Å²) >= 11 is 0. The van der Waals surface area contributed by atoms with Crippen LogP contribution >= 0.6 is 0 Å². The second kappa shape index (κ2) is 11.2. The molecule has 3 aromatic carbocycles. The van der Waals surface area contributed by atoms with Crippen LogP contribution in [0, 0.1) is 18.6 Å². The molecule has 1 atom stereocenters. The Morgan fingerprint density at radius 1 is 1.03 bits per heavy atom. The molecule has 0 fully saturated rings. The van der Waals surface area contributed by atoms with Crippen molar-refractivity contribution in [1.29, 1.82) is 0 Å². The summed E-state index contributed by atoms with van der Waals surface area (Å²) in [6.45, 7) is 0.172. The normalized spacial score (nSPS) is 12.3. The van der Waals surface area contributed by atoms with Gasteiger partial charge < -0.3 is 15.2 Å². The third-order valence-electron chi connectivity index (χ3n) is 6.33. The molecule has 2 N–H and O–H groups in total. The Kier molecular flexibility index (Phi) is 8.01. The molecule has 0 saturated carbocycles. The van der Waals surface area contributed by atoms with Gasteiger partial charge >= 0.3 is 11.9 Å². The van der Waals surface area contributed by atoms with E-state index < -0.39 is 53.8 Å². The molecule has 1 heterocycles. The first-order valence-electron chi connectivity index (χ1n) is 11.8. The van der Waals surface area contributed by atoms with E-state index in [1.54, 1.807) is 30.3 Å². The van der Waals surface area contributed by atoms with Crippen LogP contribution in [0.4, 0.5) is 27.8 Å². The van der Waals surface area contributed by atoms with E-state index in [0.717, 1.165) is 22.8 Å². The summed E-state index contributed by atoms with van der Waals surface area (Å²) < 4.78 is 77.0. The molecule has 0 bridgehead atoms. The molecular weight excluding hydrogens is 521 g/mol. The number of hydrogen-bond acceptors (Lipinski definition) is 5. The average molecular weight is 546 g/mol. The zero-order chi connectivity index (χ0) is 28.3. The number of benzene rings is 3. The molecule has 0 aliphatic carbocycles. The number of aliphatic hydroxyl groups is 1. The Morgan fingerprint density at radius 3 is 2.36 bits per heavy atom. The Morgan fingerprint density at radius 2 is 1.72 bits per heavy atom. The van der Waals surface area contributed by atoms with E-state index in [0.29, 0.717) is 5.56 Å². The summed E-state index contributed by atoms with van der Waals surface area (Å²) in [6.07, 6.45) is -4.88. The first kappa shape index (κ1) is 27.8. The average Bonchev–Trinajstić information content (AvgIpc) is 2.91. The highest BCUT2D eigenvalue weighted by Gasteiger charge is 2.35. The topological polar surface area (TPSA) is 76.4 Å². The van der Waals surface area contributed by atoms with Crippen LogP contribution in [-0.2, 0) is 12.7 Å². The van der Waals surface area contributed by atoms with E-state index in [1.165, 1.54) is 32.2 Å². The van der Waals surface area contributed by atoms with E-state index in [1.807, 2.05) is 0 Å². The maximum Gasteiger partial charge on any atom is 0.416 e. The van der Waals surface area contributed by atoms with Gasteiger partial charge in [-0.3, -0.25) is 4.57 Å². The maximum atomic E-state index is 15.5. The predicted molar refractivity (Wildman–Crippen MR) is 136 cm³/mol. The van der Waals surface area contributed by atoms with Crippen molar-refractivity contribution in [1.82, 2.24) is 9.55 Å². The molecule has 0 aliphatic heterocycles. The lowest BCUT2D eigenvalue weighted by Crippen LogP contribution is -2.30. The van der Waals surface area contributed by atoms with Crippen molar-refractivity contribution >= 4 is 5.82 Å². The fraction of sp³-hybridized carbons (Fsp3) is 0.214. The first-order valence-corrected chi connectivity index (χ1v) is 11.8. The number of alkyl halides is 3. The standard InChI is InChI=1S/C28H24F5N3O3/c1-16-24(18-10-6-13-23(39-2)25(18)30)26(34-22(15-37)17-8-4-3-5-9-17)35-27(38)36(16)14-19-20(28(31,32)33)11-7-12-21(19)29/h3-13,22,37H,14-15H2,1-2H3,(H,34,35,38)/t22-/m0/s1. The number of anilines is 1. The van der Waals surface area contributed by atoms with Crippen LogP contribution in [0.2, 0.25) is 0 Å². The minimum absolute atomic E-state index is 0.0192. The first-order chi connectivity index (χ1) is 18.6. The highest BCUT2D eigenvalue weighted by Crippen LogP contribution is 2.37. The molecule has 0 radical (unpaired) electrons. The van der Waals surface area contributed by atoms with Gasteiger partial charge in [-0.05, 0) is 30.7 Å². The minimum atomic E-state index is -4.88. The summed E-state index contributed by atoms with van der Waals surface area (Å²) in [5.41, 5.74) is -2.37. The fourth-order valence-electron chi connectivity index (χ4n) is 4.36. The van der Waals surface area contributed by atoms with Gasteiger partial charge in [0.2, 0.25) is 0 Å². The smallest absolute Gasteiger partial charge is 0.416 e. The van der Waals surface area contributed by atoms with Crippen LogP contribution in [0.5, 0.6) is 5.75 Å². The number of hydrogen-bond donors (Lipinski definition) is 2. The quantitative estimate of drug-likeness (QED) is 0.277. The van der Waals surface area contributed by atoms with Crippen molar-refractivity contribution in [3.05, 3.63) is 111 Å². The summed E-state index contributed by atoms with van der Waals surface area (Å²) in [5, 5.41) is 13.0. The van der Waals surface area contributed by atoms with Crippen molar-refractivity contribution in [2.45, 2.75) is 25.7 Å². The van der Waals surface area contributed by atoms with E-state index in [9.17, 15) is 27.5 Å². The van der Waals surface area contributed by atoms with Gasteiger partial charge in [0.1, 0.15) is 11.6 Å². The van der Waals surface area contributed by atoms with E-state index >= 15 is 4.39 Å². The summed E-state index contributed by atoms with van der Waals surface area (Å²) in [6, 6.07) is 14.7. The Hall–Kier alpha value is -4.25. The van der Waals surface area contributed by atoms with Crippen LogP contribution in [0.15, 0.2) is 71.5 Å². The number of aliphatic hydroxyl groups excluding tert-OH is 1. The molecule has 0 saturated heterocycles. The zero-order valence-electron chi connectivity index (χ0n) is 20.9. The lowest BCUT2D eigenvalue weighted by molar-refractivity contribution is -0.138. The molecule has 1 aromatic heterocycles. The number of ether oxygens (including phenoxy) is 1. The van der Waals surface area contributed by atoms with Gasteiger partial charge in [0.15, 0.2) is 11.6 Å². The second-order valence-corrected chi connectivity index (χ2v) is 8.67. The van der Waals surface area contributed by atoms with Crippen LogP contribution in [0.25, 0.3) is 11.1 Å². The number of halogens is 5. The van der Waals surface area contributed by atoms with Crippen LogP contribution in [-0.4, -0.2) is 28.4 Å². The molecule has 11 heteroatoms. The molecule has 39 heavy (non-hydrogen) atoms. The van der Waals surface area contributed by atoms with Crippen molar-refractivity contribution < 1.29 is 31.8 Å². The van der Waals surface area contributed by atoms with Gasteiger partial charge in [0.05, 0.1) is 31.9 Å². The van der Waals surface area contributed by atoms with Crippen LogP contribution < -0.4 is 15.7 Å². The minimum Gasteiger partial charge on any atom is -0.494 e. The Bertz CT molecular complexity index is 1540. The summed E-state index contributed by atoms with van der Waals surface area (Å²) in [7, 11) is 1.27. The number of methoxy groups -OCH3 is 1. The molecule has 4 rings (SSSR count). The van der Waals surface area contributed by atoms with Gasteiger partial charge in [-0.2, -0.15) is 18.2 Å². The second-order valence-electron chi connectivity index (χ2n) is 8.67. The monoisotopic (exact) mass is 545 g/mol. The molecule has 0 amide bonds. The maximum absolute atomic E-state index is 15.5. The number of rotatable bonds is 8. The van der Waals surface area contributed by atoms with E-state index in [4.69, 9.17) is 4.74 Å². The fourth-order valence-corrected chi connectivity index (χ4v) is 4.36. The lowest BCUT2D eigenvalue weighted by Gasteiger charge is -2.23. The Balaban J connectivity index is 1.94. The number of nitrogens with zero attached hydrogens (tertiary/aromatic N) is 2. The van der Waals surface area contributed by atoms with Crippen molar-refractivity contribution in [2.24, 2.45) is 0 Å². The van der Waals surface area contributed by atoms with Gasteiger partial charge in [0.25, 0.3) is 0 Å². The molecular formula is C28H24F5N3O3. The van der Waals surface area contributed by atoms with Crippen molar-refractivity contribution in [3.8, 4) is 16.9 Å². The van der Waals surface area contributed by atoms with Gasteiger partial charge in [-0.1, -0.05) is 48.5 Å². The predicted octanol–water partition coefficient (Wildman–Crippen LogP) is 5.72. The number of aromatic nitrogens is 2. The molecule has 4 aromatic rings. The van der Waals surface area contributed by atoms with E-state index in [-0.39, 0.29) is 28.4 Å². The van der Waals surface area contributed by atoms with Gasteiger partial charge in [-0.25, -0.2) is 13.6 Å². The third-order valence-corrected chi connectivity index (χ3v) is 6.33. The van der Waals surface area contributed by atoms with Gasteiger partial charge in [0, 0.05) is 22.4 Å². The summed E-state index contributed by atoms with van der Waals surface area (Å²) in [4.78, 5) is 17.2. The summed E-state index contributed by atoms with van der Waals surface area (Å²) in [5.74, 6) is -2.20. The molecule has 0 aliphatic rings. The van der Waals surface area contributed by atoms with Crippen molar-refractivity contribution in [2.75, 3.05) is 19.0 Å². The highest BCUT2D eigenvalue weighted by molar-refractivity contribution is 5.79. The van der Waals surface area contributed by atoms with E-state index in [2.05, 4.69) is 10.3 Å². The Labute approximate surface area is 220 Å². The van der Waals surface area contributed by atoms with Crippen molar-refractivity contribution in [3.63, 3.8) is 0 Å². The van der Waals surface area contributed by atoms with Crippen LogP contribution in [0.1, 0.15) is 28.4 Å². The molecule has 6 nitrogen and oxygen atoms in total. The highest BCUT2D eigenvalue weighted by atomic mass is 19.4. The zero-order valence-corrected chi connectivity index (χ0v) is 20.9.